The van der Waals surface area contributed by atoms with E-state index in [0.29, 0.717) is 18.7 Å². The van der Waals surface area contributed by atoms with Crippen LogP contribution in [-0.2, 0) is 19.3 Å². The smallest absolute Gasteiger partial charge is 0.199 e. The summed E-state index contributed by atoms with van der Waals surface area (Å²) in [6.45, 7) is 0. The zero-order valence-electron chi connectivity index (χ0n) is 10.9. The third-order valence-corrected chi connectivity index (χ3v) is 3.45. The van der Waals surface area contributed by atoms with E-state index in [2.05, 4.69) is 4.98 Å². The Morgan fingerprint density at radius 2 is 2.37 bits per heavy atom. The lowest BCUT2D eigenvalue weighted by Gasteiger charge is -2.13. The molecule has 1 heterocycles. The van der Waals surface area contributed by atoms with Crippen molar-refractivity contribution in [3.8, 4) is 5.75 Å². The number of aliphatic hydroxyl groups is 1. The average molecular weight is 259 g/mol. The highest BCUT2D eigenvalue weighted by atomic mass is 16.5. The van der Waals surface area contributed by atoms with Crippen LogP contribution in [-0.4, -0.2) is 23.3 Å². The van der Waals surface area contributed by atoms with Gasteiger partial charge in [0.15, 0.2) is 5.89 Å². The number of nitrogens with zero attached hydrogens (tertiary/aromatic N) is 1. The molecule has 1 atom stereocenters. The predicted molar refractivity (Wildman–Crippen MR) is 70.3 cm³/mol. The van der Waals surface area contributed by atoms with E-state index in [9.17, 15) is 5.11 Å². The van der Waals surface area contributed by atoms with Crippen LogP contribution in [0.5, 0.6) is 5.75 Å². The van der Waals surface area contributed by atoms with Crippen LogP contribution in [0.2, 0.25) is 0 Å². The number of fused-ring (bicyclic) bond motifs is 1. The van der Waals surface area contributed by atoms with Crippen molar-refractivity contribution in [2.45, 2.75) is 31.8 Å². The number of aryl methyl sites for hydroxylation is 1. The van der Waals surface area contributed by atoms with Crippen molar-refractivity contribution < 1.29 is 14.3 Å². The Kier molecular flexibility index (Phi) is 3.25. The Balaban J connectivity index is 1.80. The van der Waals surface area contributed by atoms with Gasteiger partial charge < -0.3 is 14.3 Å². The van der Waals surface area contributed by atoms with E-state index in [1.54, 1.807) is 7.11 Å². The first kappa shape index (κ1) is 12.2. The normalized spacial score (nSPS) is 18.1. The van der Waals surface area contributed by atoms with Crippen LogP contribution in [0, 0.1) is 0 Å². The highest BCUT2D eigenvalue weighted by Crippen LogP contribution is 2.24. The summed E-state index contributed by atoms with van der Waals surface area (Å²) >= 11 is 0. The molecule has 1 aliphatic carbocycles. The van der Waals surface area contributed by atoms with E-state index >= 15 is 0 Å². The van der Waals surface area contributed by atoms with Crippen LogP contribution in [0.3, 0.4) is 0 Å². The molecule has 2 aromatic rings. The SMILES string of the molecule is COc1cccc(Cc2nc3c(o2)CC(O)CC3)c1. The summed E-state index contributed by atoms with van der Waals surface area (Å²) in [5.74, 6) is 2.40. The number of oxazole rings is 1. The summed E-state index contributed by atoms with van der Waals surface area (Å²) in [6.07, 6.45) is 2.53. The predicted octanol–water partition coefficient (Wildman–Crippen LogP) is 2.12. The molecule has 0 radical (unpaired) electrons. The first-order valence-electron chi connectivity index (χ1n) is 6.53. The van der Waals surface area contributed by atoms with Gasteiger partial charge in [0.05, 0.1) is 18.9 Å². The maximum atomic E-state index is 9.62. The van der Waals surface area contributed by atoms with Gasteiger partial charge in [-0.2, -0.15) is 0 Å². The quantitative estimate of drug-likeness (QED) is 0.917. The monoisotopic (exact) mass is 259 g/mol. The van der Waals surface area contributed by atoms with Crippen LogP contribution in [0.1, 0.15) is 29.3 Å². The minimum absolute atomic E-state index is 0.287. The molecule has 0 saturated heterocycles. The minimum Gasteiger partial charge on any atom is -0.497 e. The number of ether oxygens (including phenoxy) is 1. The Hall–Kier alpha value is -1.81. The lowest BCUT2D eigenvalue weighted by Crippen LogP contribution is -2.17. The molecule has 19 heavy (non-hydrogen) atoms. The molecular weight excluding hydrogens is 242 g/mol. The molecule has 1 N–H and O–H groups in total. The zero-order valence-corrected chi connectivity index (χ0v) is 10.9. The van der Waals surface area contributed by atoms with Crippen LogP contribution in [0.15, 0.2) is 28.7 Å². The van der Waals surface area contributed by atoms with Crippen molar-refractivity contribution in [3.05, 3.63) is 47.2 Å². The highest BCUT2D eigenvalue weighted by Gasteiger charge is 2.22. The molecular formula is C15H17NO3. The number of aromatic nitrogens is 1. The molecule has 0 saturated carbocycles. The lowest BCUT2D eigenvalue weighted by molar-refractivity contribution is 0.149. The van der Waals surface area contributed by atoms with Gasteiger partial charge in [0.25, 0.3) is 0 Å². The number of methoxy groups -OCH3 is 1. The van der Waals surface area contributed by atoms with Crippen molar-refractivity contribution in [2.24, 2.45) is 0 Å². The van der Waals surface area contributed by atoms with Crippen LogP contribution in [0.4, 0.5) is 0 Å². The molecule has 1 aromatic heterocycles. The Bertz CT molecular complexity index is 577. The standard InChI is InChI=1S/C15H17NO3/c1-18-12-4-2-3-10(7-12)8-15-16-13-6-5-11(17)9-14(13)19-15/h2-4,7,11,17H,5-6,8-9H2,1H3. The number of hydrogen-bond donors (Lipinski definition) is 1. The minimum atomic E-state index is -0.287. The molecule has 1 aromatic carbocycles. The van der Waals surface area contributed by atoms with Crippen LogP contribution < -0.4 is 4.74 Å². The third kappa shape index (κ3) is 2.63. The molecule has 1 aliphatic rings. The molecule has 3 rings (SSSR count). The fourth-order valence-electron chi connectivity index (χ4n) is 2.44. The molecule has 0 amide bonds. The average Bonchev–Trinajstić information content (AvgIpc) is 2.80. The molecule has 4 nitrogen and oxygen atoms in total. The molecule has 100 valence electrons. The summed E-state index contributed by atoms with van der Waals surface area (Å²) in [6, 6.07) is 7.89. The van der Waals surface area contributed by atoms with E-state index in [1.807, 2.05) is 24.3 Å². The molecule has 0 fully saturated rings. The maximum absolute atomic E-state index is 9.62. The van der Waals surface area contributed by atoms with E-state index in [4.69, 9.17) is 9.15 Å². The number of benzene rings is 1. The van der Waals surface area contributed by atoms with Gasteiger partial charge in [-0.25, -0.2) is 4.98 Å². The zero-order chi connectivity index (χ0) is 13.2. The van der Waals surface area contributed by atoms with Crippen molar-refractivity contribution in [1.29, 1.82) is 0 Å². The van der Waals surface area contributed by atoms with E-state index in [0.717, 1.165) is 35.6 Å². The number of rotatable bonds is 3. The number of aliphatic hydroxyl groups excluding tert-OH is 1. The van der Waals surface area contributed by atoms with Crippen molar-refractivity contribution >= 4 is 0 Å². The Labute approximate surface area is 112 Å². The first-order chi connectivity index (χ1) is 9.24. The third-order valence-electron chi connectivity index (χ3n) is 3.45. The van der Waals surface area contributed by atoms with Crippen LogP contribution in [0.25, 0.3) is 0 Å². The summed E-state index contributed by atoms with van der Waals surface area (Å²) < 4.78 is 10.9. The second-order valence-electron chi connectivity index (χ2n) is 4.90. The molecule has 1 unspecified atom stereocenters. The number of hydrogen-bond acceptors (Lipinski definition) is 4. The van der Waals surface area contributed by atoms with Gasteiger partial charge in [0.1, 0.15) is 11.5 Å². The molecule has 0 bridgehead atoms. The summed E-state index contributed by atoms with van der Waals surface area (Å²) in [4.78, 5) is 4.52. The van der Waals surface area contributed by atoms with Crippen molar-refractivity contribution in [2.75, 3.05) is 7.11 Å². The molecule has 0 aliphatic heterocycles. The van der Waals surface area contributed by atoms with Crippen molar-refractivity contribution in [1.82, 2.24) is 4.98 Å². The van der Waals surface area contributed by atoms with Gasteiger partial charge in [-0.15, -0.1) is 0 Å². The second-order valence-corrected chi connectivity index (χ2v) is 4.90. The largest absolute Gasteiger partial charge is 0.497 e. The van der Waals surface area contributed by atoms with E-state index < -0.39 is 0 Å². The highest BCUT2D eigenvalue weighted by molar-refractivity contribution is 5.30. The Morgan fingerprint density at radius 3 is 3.21 bits per heavy atom. The van der Waals surface area contributed by atoms with E-state index in [-0.39, 0.29) is 6.10 Å². The summed E-state index contributed by atoms with van der Waals surface area (Å²) in [7, 11) is 1.66. The Morgan fingerprint density at radius 1 is 1.47 bits per heavy atom. The summed E-state index contributed by atoms with van der Waals surface area (Å²) in [5.41, 5.74) is 2.11. The first-order valence-corrected chi connectivity index (χ1v) is 6.53. The van der Waals surface area contributed by atoms with Gasteiger partial charge in [0, 0.05) is 12.8 Å². The fourth-order valence-corrected chi connectivity index (χ4v) is 2.44. The second kappa shape index (κ2) is 5.05. The van der Waals surface area contributed by atoms with Gasteiger partial charge in [-0.1, -0.05) is 12.1 Å². The van der Waals surface area contributed by atoms with Gasteiger partial charge in [-0.05, 0) is 30.5 Å². The fraction of sp³-hybridized carbons (Fsp3) is 0.400. The van der Waals surface area contributed by atoms with Crippen LogP contribution >= 0.6 is 0 Å². The van der Waals surface area contributed by atoms with Gasteiger partial charge in [0.2, 0.25) is 0 Å². The summed E-state index contributed by atoms with van der Waals surface area (Å²) in [5, 5.41) is 9.62. The van der Waals surface area contributed by atoms with Gasteiger partial charge in [-0.3, -0.25) is 0 Å². The maximum Gasteiger partial charge on any atom is 0.199 e. The van der Waals surface area contributed by atoms with E-state index in [1.165, 1.54) is 0 Å². The molecule has 4 heteroatoms. The topological polar surface area (TPSA) is 55.5 Å². The van der Waals surface area contributed by atoms with Crippen molar-refractivity contribution in [3.63, 3.8) is 0 Å². The molecule has 0 spiro atoms. The lowest BCUT2D eigenvalue weighted by atomic mass is 9.99. The van der Waals surface area contributed by atoms with Gasteiger partial charge >= 0.3 is 0 Å².